The van der Waals surface area contributed by atoms with Crippen LogP contribution in [0.2, 0.25) is 10.0 Å². The molecule has 2 aromatic rings. The minimum absolute atomic E-state index is 0.378. The predicted octanol–water partition coefficient (Wildman–Crippen LogP) is 3.94. The van der Waals surface area contributed by atoms with Gasteiger partial charge in [-0.2, -0.15) is 0 Å². The lowest BCUT2D eigenvalue weighted by atomic mass is 9.99. The summed E-state index contributed by atoms with van der Waals surface area (Å²) in [5.74, 6) is 0.708. The van der Waals surface area contributed by atoms with E-state index in [2.05, 4.69) is 43.5 Å². The van der Waals surface area contributed by atoms with E-state index in [4.69, 9.17) is 23.2 Å². The van der Waals surface area contributed by atoms with E-state index in [1.165, 1.54) is 24.6 Å². The molecule has 3 heterocycles. The Kier molecular flexibility index (Phi) is 7.70. The number of nitrogens with one attached hydrogen (secondary N) is 1. The van der Waals surface area contributed by atoms with Crippen molar-refractivity contribution in [2.75, 3.05) is 48.6 Å². The van der Waals surface area contributed by atoms with Crippen LogP contribution in [0.1, 0.15) is 25.3 Å². The van der Waals surface area contributed by atoms with Gasteiger partial charge in [0.25, 0.3) is 0 Å². The third-order valence-electron chi connectivity index (χ3n) is 6.45. The number of hydrogen-bond acceptors (Lipinski definition) is 6. The number of piperazine rings is 1. The SMILES string of the molecule is C[C@H]1CN(c2ncc(NS(C)(=O)=O)cc2Cl)CCN1C1CCN(Cc2ccc(Cl)cc2)CC1. The number of piperidine rings is 1. The van der Waals surface area contributed by atoms with Gasteiger partial charge in [0.15, 0.2) is 0 Å². The number of pyridine rings is 1. The topological polar surface area (TPSA) is 68.8 Å². The molecule has 180 valence electrons. The normalized spacial score (nSPS) is 21.3. The Morgan fingerprint density at radius 3 is 2.39 bits per heavy atom. The maximum atomic E-state index is 11.4. The Labute approximate surface area is 206 Å². The first kappa shape index (κ1) is 24.5. The van der Waals surface area contributed by atoms with E-state index < -0.39 is 10.0 Å². The third-order valence-corrected chi connectivity index (χ3v) is 7.59. The van der Waals surface area contributed by atoms with E-state index in [9.17, 15) is 8.42 Å². The molecule has 2 aliphatic heterocycles. The highest BCUT2D eigenvalue weighted by atomic mass is 35.5. The van der Waals surface area contributed by atoms with E-state index in [0.29, 0.717) is 28.6 Å². The van der Waals surface area contributed by atoms with Gasteiger partial charge in [-0.25, -0.2) is 13.4 Å². The lowest BCUT2D eigenvalue weighted by molar-refractivity contribution is 0.0690. The molecular weight excluding hydrogens is 481 g/mol. The van der Waals surface area contributed by atoms with Gasteiger partial charge in [-0.15, -0.1) is 0 Å². The van der Waals surface area contributed by atoms with Crippen LogP contribution >= 0.6 is 23.2 Å². The Morgan fingerprint density at radius 1 is 1.09 bits per heavy atom. The van der Waals surface area contributed by atoms with Gasteiger partial charge in [-0.05, 0) is 56.6 Å². The van der Waals surface area contributed by atoms with Crippen LogP contribution in [0.25, 0.3) is 0 Å². The molecule has 2 aliphatic rings. The molecule has 1 N–H and O–H groups in total. The second-order valence-electron chi connectivity index (χ2n) is 9.07. The molecule has 4 rings (SSSR count). The molecule has 0 bridgehead atoms. The molecule has 1 atom stereocenters. The summed E-state index contributed by atoms with van der Waals surface area (Å²) in [6.07, 6.45) is 4.97. The van der Waals surface area contributed by atoms with Gasteiger partial charge in [-0.1, -0.05) is 35.3 Å². The summed E-state index contributed by atoms with van der Waals surface area (Å²) < 4.78 is 25.3. The first-order valence-electron chi connectivity index (χ1n) is 11.3. The Morgan fingerprint density at radius 2 is 1.79 bits per heavy atom. The van der Waals surface area contributed by atoms with Crippen LogP contribution in [-0.4, -0.2) is 74.3 Å². The van der Waals surface area contributed by atoms with Gasteiger partial charge < -0.3 is 4.90 Å². The van der Waals surface area contributed by atoms with E-state index in [1.807, 2.05) is 12.1 Å². The summed E-state index contributed by atoms with van der Waals surface area (Å²) in [6.45, 7) is 8.09. The highest BCUT2D eigenvalue weighted by Gasteiger charge is 2.32. The molecule has 0 aliphatic carbocycles. The molecule has 7 nitrogen and oxygen atoms in total. The molecule has 1 aromatic carbocycles. The van der Waals surface area contributed by atoms with Gasteiger partial charge in [0.05, 0.1) is 23.2 Å². The first-order chi connectivity index (χ1) is 15.7. The number of halogens is 2. The second-order valence-corrected chi connectivity index (χ2v) is 11.7. The number of anilines is 2. The minimum atomic E-state index is -3.36. The van der Waals surface area contributed by atoms with Crippen molar-refractivity contribution in [2.45, 2.75) is 38.4 Å². The number of likely N-dealkylation sites (tertiary alicyclic amines) is 1. The van der Waals surface area contributed by atoms with Crippen molar-refractivity contribution in [2.24, 2.45) is 0 Å². The van der Waals surface area contributed by atoms with E-state index in [1.54, 1.807) is 6.07 Å². The predicted molar refractivity (Wildman–Crippen MR) is 136 cm³/mol. The van der Waals surface area contributed by atoms with Gasteiger partial charge in [-0.3, -0.25) is 14.5 Å². The van der Waals surface area contributed by atoms with E-state index >= 15 is 0 Å². The summed E-state index contributed by atoms with van der Waals surface area (Å²) in [4.78, 5) is 11.8. The number of benzene rings is 1. The Bertz CT molecular complexity index is 1060. The van der Waals surface area contributed by atoms with Crippen LogP contribution in [0.5, 0.6) is 0 Å². The van der Waals surface area contributed by atoms with Crippen LogP contribution in [0.15, 0.2) is 36.5 Å². The molecule has 10 heteroatoms. The molecule has 2 saturated heterocycles. The largest absolute Gasteiger partial charge is 0.353 e. The monoisotopic (exact) mass is 511 g/mol. The molecule has 0 unspecified atom stereocenters. The maximum absolute atomic E-state index is 11.4. The summed E-state index contributed by atoms with van der Waals surface area (Å²) in [5, 5.41) is 1.24. The maximum Gasteiger partial charge on any atom is 0.229 e. The summed E-state index contributed by atoms with van der Waals surface area (Å²) >= 11 is 12.5. The molecule has 0 spiro atoms. The van der Waals surface area contributed by atoms with Crippen molar-refractivity contribution in [3.8, 4) is 0 Å². The molecule has 0 radical (unpaired) electrons. The molecule has 2 fully saturated rings. The number of rotatable bonds is 6. The number of aromatic nitrogens is 1. The molecule has 0 saturated carbocycles. The third kappa shape index (κ3) is 6.51. The van der Waals surface area contributed by atoms with E-state index in [0.717, 1.165) is 50.5 Å². The van der Waals surface area contributed by atoms with Crippen molar-refractivity contribution in [1.29, 1.82) is 0 Å². The lowest BCUT2D eigenvalue weighted by Crippen LogP contribution is -2.57. The molecule has 1 aromatic heterocycles. The highest BCUT2D eigenvalue weighted by molar-refractivity contribution is 7.92. The van der Waals surface area contributed by atoms with Crippen molar-refractivity contribution in [3.63, 3.8) is 0 Å². The standard InChI is InChI=1S/C23H31Cl2N5O2S/c1-17-15-29(23-22(25)13-20(14-26-23)27-33(2,31)32)11-12-30(17)21-7-9-28(10-8-21)16-18-3-5-19(24)6-4-18/h3-6,13-14,17,21,27H,7-12,15-16H2,1-2H3/t17-/m0/s1. The fourth-order valence-electron chi connectivity index (χ4n) is 4.90. The smallest absolute Gasteiger partial charge is 0.229 e. The van der Waals surface area contributed by atoms with Gasteiger partial charge in [0, 0.05) is 43.3 Å². The lowest BCUT2D eigenvalue weighted by Gasteiger charge is -2.47. The number of sulfonamides is 1. The van der Waals surface area contributed by atoms with Crippen molar-refractivity contribution in [1.82, 2.24) is 14.8 Å². The minimum Gasteiger partial charge on any atom is -0.353 e. The molecular formula is C23H31Cl2N5O2S. The van der Waals surface area contributed by atoms with E-state index in [-0.39, 0.29) is 0 Å². The Balaban J connectivity index is 1.30. The highest BCUT2D eigenvalue weighted by Crippen LogP contribution is 2.30. The first-order valence-corrected chi connectivity index (χ1v) is 13.9. The number of hydrogen-bond donors (Lipinski definition) is 1. The van der Waals surface area contributed by atoms with Crippen LogP contribution in [0, 0.1) is 0 Å². The van der Waals surface area contributed by atoms with Crippen LogP contribution in [0.3, 0.4) is 0 Å². The fourth-order valence-corrected chi connectivity index (χ4v) is 5.85. The van der Waals surface area contributed by atoms with Crippen molar-refractivity contribution in [3.05, 3.63) is 52.1 Å². The van der Waals surface area contributed by atoms with Crippen LogP contribution < -0.4 is 9.62 Å². The molecule has 33 heavy (non-hydrogen) atoms. The summed E-state index contributed by atoms with van der Waals surface area (Å²) in [6, 6.07) is 10.7. The summed E-state index contributed by atoms with van der Waals surface area (Å²) in [5.41, 5.74) is 1.69. The van der Waals surface area contributed by atoms with Crippen LogP contribution in [0.4, 0.5) is 11.5 Å². The van der Waals surface area contributed by atoms with Gasteiger partial charge >= 0.3 is 0 Å². The zero-order valence-electron chi connectivity index (χ0n) is 19.0. The second kappa shape index (κ2) is 10.4. The zero-order valence-corrected chi connectivity index (χ0v) is 21.4. The van der Waals surface area contributed by atoms with Crippen molar-refractivity contribution < 1.29 is 8.42 Å². The molecule has 0 amide bonds. The summed E-state index contributed by atoms with van der Waals surface area (Å²) in [7, 11) is -3.36. The van der Waals surface area contributed by atoms with Gasteiger partial charge in [0.1, 0.15) is 5.82 Å². The quantitative estimate of drug-likeness (QED) is 0.633. The van der Waals surface area contributed by atoms with Crippen molar-refractivity contribution >= 4 is 44.7 Å². The zero-order chi connectivity index (χ0) is 23.6. The van der Waals surface area contributed by atoms with Gasteiger partial charge in [0.2, 0.25) is 10.0 Å². The average Bonchev–Trinajstić information content (AvgIpc) is 2.75. The average molecular weight is 513 g/mol. The number of nitrogens with zero attached hydrogens (tertiary/aromatic N) is 4. The fraction of sp³-hybridized carbons (Fsp3) is 0.522. The van der Waals surface area contributed by atoms with Crippen LogP contribution in [-0.2, 0) is 16.6 Å². The Hall–Kier alpha value is -1.58.